The molecule has 0 unspecified atom stereocenters. The van der Waals surface area contributed by atoms with Gasteiger partial charge >= 0.3 is 0 Å². The highest BCUT2D eigenvalue weighted by Gasteiger charge is 2.25. The van der Waals surface area contributed by atoms with Crippen molar-refractivity contribution >= 4 is 17.5 Å². The molecule has 2 heterocycles. The number of ether oxygens (including phenoxy) is 1. The summed E-state index contributed by atoms with van der Waals surface area (Å²) in [6.07, 6.45) is 5.17. The molecule has 2 aromatic carbocycles. The van der Waals surface area contributed by atoms with E-state index in [0.717, 1.165) is 29.8 Å². The number of hydrogen-bond donors (Lipinski definition) is 0. The molecule has 0 N–H and O–H groups in total. The van der Waals surface area contributed by atoms with Gasteiger partial charge in [-0.05, 0) is 42.8 Å². The number of amides is 1. The maximum Gasteiger partial charge on any atom is 0.257 e. The molecule has 3 aromatic rings. The minimum absolute atomic E-state index is 0.0183. The van der Waals surface area contributed by atoms with E-state index < -0.39 is 0 Å². The molecule has 1 amide bonds. The lowest BCUT2D eigenvalue weighted by Gasteiger charge is -2.32. The molecule has 4 rings (SSSR count). The lowest BCUT2D eigenvalue weighted by Crippen LogP contribution is -2.41. The highest BCUT2D eigenvalue weighted by molar-refractivity contribution is 6.30. The van der Waals surface area contributed by atoms with Gasteiger partial charge in [-0.15, -0.1) is 0 Å². The minimum atomic E-state index is 0.0183. The average Bonchev–Trinajstić information content (AvgIpc) is 3.20. The summed E-state index contributed by atoms with van der Waals surface area (Å²) in [5.74, 6) is 0.832. The summed E-state index contributed by atoms with van der Waals surface area (Å²) in [7, 11) is 0. The summed E-state index contributed by atoms with van der Waals surface area (Å²) in [5, 5.41) is 5.07. The molecule has 1 aromatic heterocycles. The van der Waals surface area contributed by atoms with Gasteiger partial charge in [-0.3, -0.25) is 4.79 Å². The van der Waals surface area contributed by atoms with Crippen LogP contribution in [0.2, 0.25) is 5.02 Å². The third kappa shape index (κ3) is 4.04. The Kier molecular flexibility index (Phi) is 5.35. The predicted molar refractivity (Wildman–Crippen MR) is 109 cm³/mol. The first kappa shape index (κ1) is 18.6. The third-order valence-corrected chi connectivity index (χ3v) is 5.29. The fraction of sp³-hybridized carbons (Fsp3) is 0.273. The van der Waals surface area contributed by atoms with Crippen molar-refractivity contribution in [3.05, 3.63) is 77.1 Å². The summed E-state index contributed by atoms with van der Waals surface area (Å²) in [6, 6.07) is 15.4. The van der Waals surface area contributed by atoms with Gasteiger partial charge in [0.2, 0.25) is 0 Å². The first-order valence-corrected chi connectivity index (χ1v) is 9.80. The maximum absolute atomic E-state index is 12.8. The first-order chi connectivity index (χ1) is 13.6. The second-order valence-electron chi connectivity index (χ2n) is 7.02. The van der Waals surface area contributed by atoms with Crippen LogP contribution in [0.15, 0.2) is 60.9 Å². The van der Waals surface area contributed by atoms with Gasteiger partial charge in [0.1, 0.15) is 11.9 Å². The molecule has 1 aliphatic rings. The molecule has 5 nitrogen and oxygen atoms in total. The van der Waals surface area contributed by atoms with Crippen LogP contribution in [0.3, 0.4) is 0 Å². The van der Waals surface area contributed by atoms with Crippen LogP contribution < -0.4 is 4.74 Å². The number of hydrogen-bond acceptors (Lipinski definition) is 3. The number of para-hydroxylation sites is 1. The van der Waals surface area contributed by atoms with Crippen molar-refractivity contribution in [1.29, 1.82) is 0 Å². The highest BCUT2D eigenvalue weighted by atomic mass is 35.5. The van der Waals surface area contributed by atoms with Gasteiger partial charge in [-0.25, -0.2) is 4.68 Å². The molecule has 1 aliphatic heterocycles. The van der Waals surface area contributed by atoms with E-state index in [4.69, 9.17) is 16.3 Å². The maximum atomic E-state index is 12.8. The number of piperidine rings is 1. The van der Waals surface area contributed by atoms with E-state index in [1.807, 2.05) is 60.4 Å². The van der Waals surface area contributed by atoms with E-state index in [9.17, 15) is 4.79 Å². The van der Waals surface area contributed by atoms with Gasteiger partial charge in [0.15, 0.2) is 0 Å². The Bertz CT molecular complexity index is 960. The predicted octanol–water partition coefficient (Wildman–Crippen LogP) is 4.52. The Labute approximate surface area is 169 Å². The van der Waals surface area contributed by atoms with Crippen LogP contribution in [0.5, 0.6) is 5.75 Å². The van der Waals surface area contributed by atoms with Gasteiger partial charge in [0.25, 0.3) is 5.91 Å². The van der Waals surface area contributed by atoms with Crippen LogP contribution in [0.1, 0.15) is 28.8 Å². The number of rotatable bonds is 4. The van der Waals surface area contributed by atoms with Crippen LogP contribution in [0.25, 0.3) is 5.69 Å². The van der Waals surface area contributed by atoms with Crippen LogP contribution in [0, 0.1) is 6.92 Å². The molecule has 6 heteroatoms. The Morgan fingerprint density at radius 1 is 1.11 bits per heavy atom. The largest absolute Gasteiger partial charge is 0.490 e. The zero-order valence-electron chi connectivity index (χ0n) is 15.7. The van der Waals surface area contributed by atoms with Crippen LogP contribution in [0.4, 0.5) is 0 Å². The second kappa shape index (κ2) is 8.07. The topological polar surface area (TPSA) is 47.4 Å². The summed E-state index contributed by atoms with van der Waals surface area (Å²) < 4.78 is 7.77. The summed E-state index contributed by atoms with van der Waals surface area (Å²) in [4.78, 5) is 14.7. The van der Waals surface area contributed by atoms with Gasteiger partial charge in [0, 0.05) is 37.2 Å². The zero-order chi connectivity index (χ0) is 19.5. The Balaban J connectivity index is 1.36. The van der Waals surface area contributed by atoms with E-state index in [1.54, 1.807) is 17.1 Å². The number of halogens is 1. The van der Waals surface area contributed by atoms with Crippen LogP contribution in [-0.2, 0) is 0 Å². The third-order valence-electron chi connectivity index (χ3n) is 5.04. The number of nitrogens with zero attached hydrogens (tertiary/aromatic N) is 3. The van der Waals surface area contributed by atoms with Crippen molar-refractivity contribution in [2.75, 3.05) is 13.1 Å². The number of aromatic nitrogens is 2. The number of likely N-dealkylation sites (tertiary alicyclic amines) is 1. The molecule has 1 fully saturated rings. The number of carbonyl (C=O) groups excluding carboxylic acids is 1. The molecule has 0 radical (unpaired) electrons. The molecular weight excluding hydrogens is 374 g/mol. The van der Waals surface area contributed by atoms with E-state index in [-0.39, 0.29) is 12.0 Å². The number of benzene rings is 2. The monoisotopic (exact) mass is 395 g/mol. The molecule has 0 aliphatic carbocycles. The molecule has 1 saturated heterocycles. The Morgan fingerprint density at radius 3 is 2.54 bits per heavy atom. The van der Waals surface area contributed by atoms with E-state index in [0.29, 0.717) is 23.7 Å². The quantitative estimate of drug-likeness (QED) is 0.652. The van der Waals surface area contributed by atoms with Crippen LogP contribution in [-0.4, -0.2) is 39.8 Å². The molecule has 0 bridgehead atoms. The molecule has 144 valence electrons. The summed E-state index contributed by atoms with van der Waals surface area (Å²) in [5.41, 5.74) is 2.71. The summed E-state index contributed by atoms with van der Waals surface area (Å²) in [6.45, 7) is 3.38. The smallest absolute Gasteiger partial charge is 0.257 e. The standard InChI is InChI=1S/C22H22ClN3O2/c1-16-4-2-3-5-21(16)26-15-17(14-24-26)22(27)25-12-10-20(11-13-25)28-19-8-6-18(23)7-9-19/h2-9,14-15,20H,10-13H2,1H3. The first-order valence-electron chi connectivity index (χ1n) is 9.42. The number of aryl methyl sites for hydroxylation is 1. The van der Waals surface area contributed by atoms with Crippen molar-refractivity contribution < 1.29 is 9.53 Å². The Hall–Kier alpha value is -2.79. The fourth-order valence-electron chi connectivity index (χ4n) is 3.45. The van der Waals surface area contributed by atoms with E-state index in [2.05, 4.69) is 5.10 Å². The van der Waals surface area contributed by atoms with Crippen molar-refractivity contribution in [3.8, 4) is 11.4 Å². The van der Waals surface area contributed by atoms with Gasteiger partial charge < -0.3 is 9.64 Å². The minimum Gasteiger partial charge on any atom is -0.490 e. The van der Waals surface area contributed by atoms with Crippen molar-refractivity contribution in [1.82, 2.24) is 14.7 Å². The number of carbonyl (C=O) groups is 1. The SMILES string of the molecule is Cc1ccccc1-n1cc(C(=O)N2CCC(Oc3ccc(Cl)cc3)CC2)cn1. The summed E-state index contributed by atoms with van der Waals surface area (Å²) >= 11 is 5.91. The molecule has 0 spiro atoms. The van der Waals surface area contributed by atoms with Gasteiger partial charge in [-0.1, -0.05) is 29.8 Å². The lowest BCUT2D eigenvalue weighted by atomic mass is 10.1. The van der Waals surface area contributed by atoms with Crippen molar-refractivity contribution in [2.45, 2.75) is 25.9 Å². The second-order valence-corrected chi connectivity index (χ2v) is 7.46. The molecular formula is C22H22ClN3O2. The fourth-order valence-corrected chi connectivity index (χ4v) is 3.58. The Morgan fingerprint density at radius 2 is 1.82 bits per heavy atom. The molecule has 0 atom stereocenters. The zero-order valence-corrected chi connectivity index (χ0v) is 16.5. The van der Waals surface area contributed by atoms with Crippen molar-refractivity contribution in [2.24, 2.45) is 0 Å². The average molecular weight is 396 g/mol. The van der Waals surface area contributed by atoms with Gasteiger partial charge in [-0.2, -0.15) is 5.10 Å². The highest BCUT2D eigenvalue weighted by Crippen LogP contribution is 2.22. The lowest BCUT2D eigenvalue weighted by molar-refractivity contribution is 0.0595. The van der Waals surface area contributed by atoms with E-state index >= 15 is 0 Å². The van der Waals surface area contributed by atoms with Crippen LogP contribution >= 0.6 is 11.6 Å². The normalized spacial score (nSPS) is 14.9. The molecule has 28 heavy (non-hydrogen) atoms. The van der Waals surface area contributed by atoms with Crippen molar-refractivity contribution in [3.63, 3.8) is 0 Å². The van der Waals surface area contributed by atoms with E-state index in [1.165, 1.54) is 0 Å². The molecule has 0 saturated carbocycles. The van der Waals surface area contributed by atoms with Gasteiger partial charge in [0.05, 0.1) is 17.4 Å².